The summed E-state index contributed by atoms with van der Waals surface area (Å²) < 4.78 is 0. The highest BCUT2D eigenvalue weighted by atomic mass is 32.2. The van der Waals surface area contributed by atoms with Crippen molar-refractivity contribution in [2.24, 2.45) is 5.16 Å². The van der Waals surface area contributed by atoms with E-state index in [0.29, 0.717) is 22.8 Å². The molecule has 2 aliphatic heterocycles. The molecule has 0 spiro atoms. The number of aromatic amines is 1. The number of aliphatic carboxylic acids is 1. The Labute approximate surface area is 193 Å². The third-order valence-corrected chi connectivity index (χ3v) is 7.95. The Kier molecular flexibility index (Phi) is 6.38. The molecule has 32 heavy (non-hydrogen) atoms. The van der Waals surface area contributed by atoms with E-state index in [1.807, 2.05) is 0 Å². The van der Waals surface area contributed by atoms with Gasteiger partial charge in [-0.25, -0.2) is 9.78 Å². The number of nitrogen functional groups attached to an aromatic ring is 1. The molecule has 2 atom stereocenters. The standard InChI is InChI=1S/C17H17N7O5S3/c18-17-21-8(5-32-17)10(23-29)13(25)22-11-14(26)24-12(16(27)28)9(6-31-15(11)24)30-2-1-7-3-19-20-4-7/h3-5,11,15,29H,1-2,6H2,(H2,18,21)(H,19,20)(H,22,25)(H,27,28)/b23-10-/t11-,15-/m1/s1. The van der Waals surface area contributed by atoms with Crippen molar-refractivity contribution >= 4 is 63.5 Å². The van der Waals surface area contributed by atoms with Crippen LogP contribution >= 0.6 is 34.9 Å². The molecular formula is C17H17N7O5S3. The third kappa shape index (κ3) is 4.18. The molecule has 0 radical (unpaired) electrons. The first kappa shape index (κ1) is 22.2. The molecule has 168 valence electrons. The number of thiazole rings is 1. The number of carboxylic acid groups (broad SMARTS) is 1. The SMILES string of the molecule is Nc1nc(/C(=N/O)C(=O)N[C@@H]2C(=O)N3C(C(=O)O)=C(SCCc4cn[nH]c4)CS[C@H]23)cs1. The number of amides is 2. The number of β-lactam (4-membered cyclic amide) rings is 1. The minimum absolute atomic E-state index is 0.0650. The van der Waals surface area contributed by atoms with Crippen molar-refractivity contribution in [3.05, 3.63) is 39.6 Å². The van der Waals surface area contributed by atoms with Crippen LogP contribution in [0.5, 0.6) is 0 Å². The maximum atomic E-state index is 12.7. The Bertz CT molecular complexity index is 1110. The predicted molar refractivity (Wildman–Crippen MR) is 119 cm³/mol. The second-order valence-corrected chi connectivity index (χ2v) is 9.85. The van der Waals surface area contributed by atoms with E-state index in [2.05, 4.69) is 25.7 Å². The predicted octanol–water partition coefficient (Wildman–Crippen LogP) is 0.299. The highest BCUT2D eigenvalue weighted by Crippen LogP contribution is 2.43. The van der Waals surface area contributed by atoms with Crippen molar-refractivity contribution in [2.45, 2.75) is 17.8 Å². The van der Waals surface area contributed by atoms with Gasteiger partial charge in [-0.15, -0.1) is 34.9 Å². The number of carboxylic acids is 1. The Morgan fingerprint density at radius 2 is 2.28 bits per heavy atom. The monoisotopic (exact) mass is 495 g/mol. The van der Waals surface area contributed by atoms with Gasteiger partial charge in [-0.05, 0) is 12.0 Å². The van der Waals surface area contributed by atoms with Gasteiger partial charge >= 0.3 is 5.97 Å². The van der Waals surface area contributed by atoms with Crippen molar-refractivity contribution in [2.75, 3.05) is 17.2 Å². The lowest BCUT2D eigenvalue weighted by atomic mass is 10.0. The number of rotatable bonds is 8. The van der Waals surface area contributed by atoms with Gasteiger partial charge in [0.15, 0.2) is 10.8 Å². The van der Waals surface area contributed by atoms with Gasteiger partial charge in [-0.1, -0.05) is 5.16 Å². The molecule has 6 N–H and O–H groups in total. The quantitative estimate of drug-likeness (QED) is 0.147. The normalized spacial score (nSPS) is 20.7. The molecule has 2 aromatic rings. The van der Waals surface area contributed by atoms with Gasteiger partial charge in [0.25, 0.3) is 11.8 Å². The molecule has 0 aromatic carbocycles. The van der Waals surface area contributed by atoms with Gasteiger partial charge in [0, 0.05) is 28.0 Å². The number of H-pyrrole nitrogens is 1. The number of aryl methyl sites for hydroxylation is 1. The highest BCUT2D eigenvalue weighted by molar-refractivity contribution is 8.06. The third-order valence-electron chi connectivity index (χ3n) is 4.72. The first-order chi connectivity index (χ1) is 15.4. The summed E-state index contributed by atoms with van der Waals surface area (Å²) in [4.78, 5) is 42.9. The molecule has 2 aromatic heterocycles. The number of oxime groups is 1. The maximum Gasteiger partial charge on any atom is 0.353 e. The Morgan fingerprint density at radius 1 is 1.47 bits per heavy atom. The minimum Gasteiger partial charge on any atom is -0.477 e. The van der Waals surface area contributed by atoms with Crippen molar-refractivity contribution in [1.29, 1.82) is 0 Å². The number of hydrogen-bond acceptors (Lipinski definition) is 11. The highest BCUT2D eigenvalue weighted by Gasteiger charge is 2.54. The number of nitrogens with zero attached hydrogens (tertiary/aromatic N) is 4. The number of hydrogen-bond donors (Lipinski definition) is 5. The fraction of sp³-hybridized carbons (Fsp3) is 0.294. The van der Waals surface area contributed by atoms with E-state index in [4.69, 9.17) is 5.73 Å². The van der Waals surface area contributed by atoms with E-state index in [1.165, 1.54) is 33.8 Å². The number of carbonyl (C=O) groups is 3. The molecule has 1 saturated heterocycles. The van der Waals surface area contributed by atoms with Gasteiger partial charge in [0.05, 0.1) is 6.20 Å². The number of carbonyl (C=O) groups excluding carboxylic acids is 2. The summed E-state index contributed by atoms with van der Waals surface area (Å²) in [5.74, 6) is -1.53. The topological polar surface area (TPSA) is 187 Å². The molecule has 0 saturated carbocycles. The van der Waals surface area contributed by atoms with Crippen LogP contribution < -0.4 is 11.1 Å². The van der Waals surface area contributed by atoms with E-state index < -0.39 is 29.2 Å². The number of aromatic nitrogens is 3. The lowest BCUT2D eigenvalue weighted by Crippen LogP contribution is -2.71. The molecular weight excluding hydrogens is 478 g/mol. The van der Waals surface area contributed by atoms with Crippen LogP contribution in [-0.2, 0) is 20.8 Å². The fourth-order valence-corrected chi connectivity index (χ4v) is 6.41. The van der Waals surface area contributed by atoms with E-state index in [0.717, 1.165) is 16.9 Å². The van der Waals surface area contributed by atoms with Crippen LogP contribution in [0, 0.1) is 0 Å². The van der Waals surface area contributed by atoms with Crippen LogP contribution in [0.15, 0.2) is 33.5 Å². The van der Waals surface area contributed by atoms with Gasteiger partial charge in [-0.3, -0.25) is 19.6 Å². The first-order valence-electron chi connectivity index (χ1n) is 9.16. The Hall–Kier alpha value is -3.04. The van der Waals surface area contributed by atoms with Gasteiger partial charge in [0.1, 0.15) is 22.8 Å². The molecule has 0 unspecified atom stereocenters. The van der Waals surface area contributed by atoms with Crippen LogP contribution in [0.4, 0.5) is 5.13 Å². The lowest BCUT2D eigenvalue weighted by Gasteiger charge is -2.49. The zero-order valence-electron chi connectivity index (χ0n) is 16.2. The maximum absolute atomic E-state index is 12.7. The summed E-state index contributed by atoms with van der Waals surface area (Å²) in [6.07, 6.45) is 4.17. The zero-order chi connectivity index (χ0) is 22.8. The van der Waals surface area contributed by atoms with Gasteiger partial charge in [0.2, 0.25) is 0 Å². The molecule has 15 heteroatoms. The van der Waals surface area contributed by atoms with Crippen LogP contribution in [0.2, 0.25) is 0 Å². The van der Waals surface area contributed by atoms with Crippen LogP contribution in [-0.4, -0.2) is 76.8 Å². The molecule has 4 rings (SSSR count). The zero-order valence-corrected chi connectivity index (χ0v) is 18.7. The molecule has 4 heterocycles. The van der Waals surface area contributed by atoms with E-state index >= 15 is 0 Å². The molecule has 0 bridgehead atoms. The molecule has 2 amide bonds. The van der Waals surface area contributed by atoms with Crippen LogP contribution in [0.1, 0.15) is 11.3 Å². The Balaban J connectivity index is 1.44. The van der Waals surface area contributed by atoms with Crippen LogP contribution in [0.3, 0.4) is 0 Å². The van der Waals surface area contributed by atoms with E-state index in [9.17, 15) is 24.7 Å². The number of fused-ring (bicyclic) bond motifs is 1. The van der Waals surface area contributed by atoms with E-state index in [-0.39, 0.29) is 22.2 Å². The molecule has 0 aliphatic carbocycles. The number of thioether (sulfide) groups is 2. The number of nitrogens with one attached hydrogen (secondary N) is 2. The van der Waals surface area contributed by atoms with Crippen molar-refractivity contribution in [3.63, 3.8) is 0 Å². The minimum atomic E-state index is -1.20. The molecule has 2 aliphatic rings. The summed E-state index contributed by atoms with van der Waals surface area (Å²) >= 11 is 3.81. The molecule has 12 nitrogen and oxygen atoms in total. The smallest absolute Gasteiger partial charge is 0.353 e. The second-order valence-electron chi connectivity index (χ2n) is 6.66. The fourth-order valence-electron chi connectivity index (χ4n) is 3.23. The van der Waals surface area contributed by atoms with E-state index in [1.54, 1.807) is 12.4 Å². The summed E-state index contributed by atoms with van der Waals surface area (Å²) in [5.41, 5.74) is 6.18. The van der Waals surface area contributed by atoms with Gasteiger partial charge in [-0.2, -0.15) is 5.10 Å². The summed E-state index contributed by atoms with van der Waals surface area (Å²) in [7, 11) is 0. The second kappa shape index (κ2) is 9.22. The Morgan fingerprint density at radius 3 is 2.91 bits per heavy atom. The summed E-state index contributed by atoms with van der Waals surface area (Å²) in [5, 5.41) is 32.1. The van der Waals surface area contributed by atoms with Crippen molar-refractivity contribution in [1.82, 2.24) is 25.4 Å². The van der Waals surface area contributed by atoms with Crippen molar-refractivity contribution in [3.8, 4) is 0 Å². The van der Waals surface area contributed by atoms with Crippen molar-refractivity contribution < 1.29 is 24.7 Å². The summed E-state index contributed by atoms with van der Waals surface area (Å²) in [6.45, 7) is 0. The lowest BCUT2D eigenvalue weighted by molar-refractivity contribution is -0.150. The van der Waals surface area contributed by atoms with Crippen LogP contribution in [0.25, 0.3) is 0 Å². The van der Waals surface area contributed by atoms with Gasteiger partial charge < -0.3 is 21.4 Å². The number of anilines is 1. The summed E-state index contributed by atoms with van der Waals surface area (Å²) in [6, 6.07) is -0.952. The average molecular weight is 496 g/mol. The average Bonchev–Trinajstić information content (AvgIpc) is 3.44. The largest absolute Gasteiger partial charge is 0.477 e. The number of nitrogens with two attached hydrogens (primary N) is 1. The molecule has 1 fully saturated rings. The first-order valence-corrected chi connectivity index (χ1v) is 12.1.